The van der Waals surface area contributed by atoms with Gasteiger partial charge in [-0.15, -0.1) is 0 Å². The number of nitrogens with zero attached hydrogens (tertiary/aromatic N) is 2. The third kappa shape index (κ3) is 1.55. The second-order valence-electron chi connectivity index (χ2n) is 5.12. The minimum Gasteiger partial charge on any atom is -0.399 e. The minimum absolute atomic E-state index is 0.716. The van der Waals surface area contributed by atoms with E-state index in [1.165, 1.54) is 31.7 Å². The van der Waals surface area contributed by atoms with E-state index in [1.807, 2.05) is 12.1 Å². The van der Waals surface area contributed by atoms with Crippen LogP contribution >= 0.6 is 0 Å². The quantitative estimate of drug-likeness (QED) is 0.722. The van der Waals surface area contributed by atoms with Crippen LogP contribution in [0.3, 0.4) is 0 Å². The molecule has 0 saturated carbocycles. The molecule has 2 atom stereocenters. The van der Waals surface area contributed by atoms with Crippen molar-refractivity contribution >= 4 is 11.4 Å². The van der Waals surface area contributed by atoms with Gasteiger partial charge in [0.25, 0.3) is 0 Å². The van der Waals surface area contributed by atoms with Crippen molar-refractivity contribution in [3.63, 3.8) is 0 Å². The topological polar surface area (TPSA) is 32.5 Å². The molecule has 0 aromatic heterocycles. The van der Waals surface area contributed by atoms with Crippen molar-refractivity contribution in [2.45, 2.75) is 12.5 Å². The first-order chi connectivity index (χ1) is 7.74. The number of nitrogens with two attached hydrogens (primary N) is 1. The van der Waals surface area contributed by atoms with Crippen LogP contribution in [-0.4, -0.2) is 37.6 Å². The summed E-state index contributed by atoms with van der Waals surface area (Å²) in [6.07, 6.45) is 1.33. The molecule has 2 fully saturated rings. The molecule has 2 aliphatic heterocycles. The van der Waals surface area contributed by atoms with Gasteiger partial charge in [-0.05, 0) is 43.7 Å². The smallest absolute Gasteiger partial charge is 0.0457 e. The van der Waals surface area contributed by atoms with Gasteiger partial charge in [0.1, 0.15) is 0 Å². The summed E-state index contributed by atoms with van der Waals surface area (Å²) in [5, 5.41) is 0. The van der Waals surface area contributed by atoms with E-state index in [0.29, 0.717) is 6.04 Å². The van der Waals surface area contributed by atoms with Crippen molar-refractivity contribution in [2.75, 3.05) is 37.3 Å². The summed E-state index contributed by atoms with van der Waals surface area (Å²) < 4.78 is 0. The fraction of sp³-hybridized carbons (Fsp3) is 0.538. The normalized spacial score (nSPS) is 29.7. The number of fused-ring (bicyclic) bond motifs is 1. The Hall–Kier alpha value is -1.22. The van der Waals surface area contributed by atoms with Crippen molar-refractivity contribution in [1.82, 2.24) is 4.90 Å². The maximum absolute atomic E-state index is 5.73. The molecule has 1 aromatic carbocycles. The SMILES string of the molecule is CN1C[C@H]2CCN(c3ccc(N)cc3)[C@H]2C1. The molecular weight excluding hydrogens is 198 g/mol. The molecule has 2 heterocycles. The van der Waals surface area contributed by atoms with Crippen LogP contribution in [0.5, 0.6) is 0 Å². The third-order valence-electron chi connectivity index (χ3n) is 3.95. The van der Waals surface area contributed by atoms with E-state index < -0.39 is 0 Å². The van der Waals surface area contributed by atoms with Gasteiger partial charge in [0.15, 0.2) is 0 Å². The highest BCUT2D eigenvalue weighted by molar-refractivity contribution is 5.54. The number of benzene rings is 1. The van der Waals surface area contributed by atoms with Gasteiger partial charge in [-0.3, -0.25) is 0 Å². The van der Waals surface area contributed by atoms with Crippen molar-refractivity contribution in [1.29, 1.82) is 0 Å². The molecule has 0 bridgehead atoms. The predicted octanol–water partition coefficient (Wildman–Crippen LogP) is 1.41. The van der Waals surface area contributed by atoms with Gasteiger partial charge in [-0.2, -0.15) is 0 Å². The number of hydrogen-bond donors (Lipinski definition) is 1. The van der Waals surface area contributed by atoms with Crippen LogP contribution < -0.4 is 10.6 Å². The summed E-state index contributed by atoms with van der Waals surface area (Å²) in [4.78, 5) is 4.99. The fourth-order valence-corrected chi connectivity index (χ4v) is 3.16. The van der Waals surface area contributed by atoms with Crippen LogP contribution in [0.4, 0.5) is 11.4 Å². The first-order valence-electron chi connectivity index (χ1n) is 6.05. The fourth-order valence-electron chi connectivity index (χ4n) is 3.16. The lowest BCUT2D eigenvalue weighted by Crippen LogP contribution is -2.34. The molecule has 2 N–H and O–H groups in total. The Morgan fingerprint density at radius 3 is 2.69 bits per heavy atom. The molecule has 2 aliphatic rings. The molecular formula is C13H19N3. The van der Waals surface area contributed by atoms with Crippen LogP contribution in [0.15, 0.2) is 24.3 Å². The molecule has 0 amide bonds. The van der Waals surface area contributed by atoms with Gasteiger partial charge in [-0.1, -0.05) is 0 Å². The average Bonchev–Trinajstić information content (AvgIpc) is 2.78. The maximum Gasteiger partial charge on any atom is 0.0457 e. The molecule has 2 saturated heterocycles. The first-order valence-corrected chi connectivity index (χ1v) is 6.05. The molecule has 0 spiro atoms. The molecule has 16 heavy (non-hydrogen) atoms. The van der Waals surface area contributed by atoms with Gasteiger partial charge in [0, 0.05) is 37.1 Å². The monoisotopic (exact) mass is 217 g/mol. The molecule has 0 radical (unpaired) electrons. The lowest BCUT2D eigenvalue weighted by atomic mass is 10.1. The summed E-state index contributed by atoms with van der Waals surface area (Å²) in [6.45, 7) is 3.66. The Balaban J connectivity index is 1.83. The van der Waals surface area contributed by atoms with Crippen molar-refractivity contribution in [3.05, 3.63) is 24.3 Å². The summed E-state index contributed by atoms with van der Waals surface area (Å²) in [5.41, 5.74) is 7.91. The summed E-state index contributed by atoms with van der Waals surface area (Å²) in [5.74, 6) is 0.863. The van der Waals surface area contributed by atoms with E-state index in [1.54, 1.807) is 0 Å². The standard InChI is InChI=1S/C13H19N3/c1-15-8-10-6-7-16(13(10)9-15)12-4-2-11(14)3-5-12/h2-5,10,13H,6-9,14H2,1H3/t10-,13+/m1/s1. The number of anilines is 2. The first kappa shape index (κ1) is 9.97. The zero-order chi connectivity index (χ0) is 11.1. The lowest BCUT2D eigenvalue weighted by Gasteiger charge is -2.26. The van der Waals surface area contributed by atoms with E-state index in [9.17, 15) is 0 Å². The largest absolute Gasteiger partial charge is 0.399 e. The highest BCUT2D eigenvalue weighted by atomic mass is 15.3. The summed E-state index contributed by atoms with van der Waals surface area (Å²) >= 11 is 0. The molecule has 0 aliphatic carbocycles. The van der Waals surface area contributed by atoms with Crippen LogP contribution in [0, 0.1) is 5.92 Å². The predicted molar refractivity (Wildman–Crippen MR) is 67.6 cm³/mol. The van der Waals surface area contributed by atoms with Crippen LogP contribution in [0.1, 0.15) is 6.42 Å². The summed E-state index contributed by atoms with van der Waals surface area (Å²) in [7, 11) is 2.22. The van der Waals surface area contributed by atoms with Gasteiger partial charge < -0.3 is 15.5 Å². The lowest BCUT2D eigenvalue weighted by molar-refractivity contribution is 0.386. The second-order valence-corrected chi connectivity index (χ2v) is 5.12. The Bertz CT molecular complexity index is 373. The molecule has 0 unspecified atom stereocenters. The van der Waals surface area contributed by atoms with Gasteiger partial charge in [-0.25, -0.2) is 0 Å². The van der Waals surface area contributed by atoms with Crippen LogP contribution in [0.2, 0.25) is 0 Å². The zero-order valence-corrected chi connectivity index (χ0v) is 9.76. The maximum atomic E-state index is 5.73. The molecule has 3 rings (SSSR count). The van der Waals surface area contributed by atoms with Gasteiger partial charge in [0.2, 0.25) is 0 Å². The number of likely N-dealkylation sites (N-methyl/N-ethyl adjacent to an activating group) is 1. The van der Waals surface area contributed by atoms with E-state index in [4.69, 9.17) is 5.73 Å². The van der Waals surface area contributed by atoms with E-state index in [2.05, 4.69) is 29.0 Å². The Morgan fingerprint density at radius 2 is 1.94 bits per heavy atom. The van der Waals surface area contributed by atoms with Gasteiger partial charge >= 0.3 is 0 Å². The molecule has 1 aromatic rings. The highest BCUT2D eigenvalue weighted by Gasteiger charge is 2.39. The third-order valence-corrected chi connectivity index (χ3v) is 3.95. The number of likely N-dealkylation sites (tertiary alicyclic amines) is 1. The highest BCUT2D eigenvalue weighted by Crippen LogP contribution is 2.34. The van der Waals surface area contributed by atoms with Crippen molar-refractivity contribution < 1.29 is 0 Å². The minimum atomic E-state index is 0.716. The number of rotatable bonds is 1. The van der Waals surface area contributed by atoms with Crippen LogP contribution in [0.25, 0.3) is 0 Å². The molecule has 3 heteroatoms. The van der Waals surface area contributed by atoms with Gasteiger partial charge in [0.05, 0.1) is 0 Å². The average molecular weight is 217 g/mol. The number of nitrogen functional groups attached to an aromatic ring is 1. The number of hydrogen-bond acceptors (Lipinski definition) is 3. The van der Waals surface area contributed by atoms with E-state index >= 15 is 0 Å². The molecule has 3 nitrogen and oxygen atoms in total. The Kier molecular flexibility index (Phi) is 2.28. The molecule has 86 valence electrons. The Morgan fingerprint density at radius 1 is 1.19 bits per heavy atom. The van der Waals surface area contributed by atoms with Crippen molar-refractivity contribution in [2.24, 2.45) is 5.92 Å². The van der Waals surface area contributed by atoms with E-state index in [-0.39, 0.29) is 0 Å². The Labute approximate surface area is 96.8 Å². The van der Waals surface area contributed by atoms with Crippen LogP contribution in [-0.2, 0) is 0 Å². The van der Waals surface area contributed by atoms with E-state index in [0.717, 1.165) is 11.6 Å². The zero-order valence-electron chi connectivity index (χ0n) is 9.76. The summed E-state index contributed by atoms with van der Waals surface area (Å²) in [6, 6.07) is 9.02. The second kappa shape index (κ2) is 3.67. The van der Waals surface area contributed by atoms with Crippen molar-refractivity contribution in [3.8, 4) is 0 Å².